The van der Waals surface area contributed by atoms with Crippen LogP contribution in [-0.2, 0) is 14.4 Å². The van der Waals surface area contributed by atoms with Gasteiger partial charge in [-0.05, 0) is 30.7 Å². The van der Waals surface area contributed by atoms with Crippen molar-refractivity contribution in [2.75, 3.05) is 12.8 Å². The van der Waals surface area contributed by atoms with Gasteiger partial charge >= 0.3 is 10.1 Å². The number of nitrogen functional groups attached to an aromatic ring is 1. The van der Waals surface area contributed by atoms with Crippen LogP contribution >= 0.6 is 0 Å². The van der Waals surface area contributed by atoms with Gasteiger partial charge in [-0.3, -0.25) is 0 Å². The molecule has 0 aliphatic heterocycles. The van der Waals surface area contributed by atoms with E-state index in [9.17, 15) is 8.42 Å². The molecule has 0 aliphatic carbocycles. The summed E-state index contributed by atoms with van der Waals surface area (Å²) in [4.78, 5) is -0.00518. The van der Waals surface area contributed by atoms with Crippen molar-refractivity contribution < 1.29 is 17.4 Å². The average molecular weight is 321 g/mol. The van der Waals surface area contributed by atoms with E-state index in [2.05, 4.69) is 14.7 Å². The number of nitrogens with zero attached hydrogens (tertiary/aromatic N) is 2. The van der Waals surface area contributed by atoms with Gasteiger partial charge in [-0.2, -0.15) is 8.42 Å². The Labute approximate surface area is 128 Å². The molecule has 0 saturated carbocycles. The predicted octanol–water partition coefficient (Wildman–Crippen LogP) is 2.99. The molecule has 116 valence electrons. The molecule has 0 unspecified atom stereocenters. The summed E-state index contributed by atoms with van der Waals surface area (Å²) in [5.74, 6) is 0.368. The molecule has 0 aliphatic rings. The third kappa shape index (κ3) is 3.53. The molecule has 8 heteroatoms. The summed E-state index contributed by atoms with van der Waals surface area (Å²) in [5, 5.41) is 7.02. The number of hydrogen-bond acceptors (Lipinski definition) is 7. The lowest BCUT2D eigenvalue weighted by molar-refractivity contribution is 0.313. The third-order valence-electron chi connectivity index (χ3n) is 2.88. The van der Waals surface area contributed by atoms with Gasteiger partial charge in [-0.25, -0.2) is 4.28 Å². The fourth-order valence-electron chi connectivity index (χ4n) is 1.66. The SMILES string of the molecule is COc1cc(N)c(C)cc1N=NOS(=O)(=O)c1ccccc1. The van der Waals surface area contributed by atoms with Gasteiger partial charge in [0.25, 0.3) is 0 Å². The molecule has 0 bridgehead atoms. The second-order valence-electron chi connectivity index (χ2n) is 4.40. The fraction of sp³-hybridized carbons (Fsp3) is 0.143. The van der Waals surface area contributed by atoms with E-state index in [1.54, 1.807) is 37.3 Å². The number of aryl methyl sites for hydroxylation is 1. The second-order valence-corrected chi connectivity index (χ2v) is 5.93. The highest BCUT2D eigenvalue weighted by atomic mass is 32.2. The van der Waals surface area contributed by atoms with E-state index in [-0.39, 0.29) is 4.90 Å². The predicted molar refractivity (Wildman–Crippen MR) is 81.4 cm³/mol. The lowest BCUT2D eigenvalue weighted by Gasteiger charge is -2.07. The Hall–Kier alpha value is -2.61. The minimum absolute atomic E-state index is 0.00518. The minimum atomic E-state index is -3.99. The Morgan fingerprint density at radius 2 is 1.82 bits per heavy atom. The Balaban J connectivity index is 2.22. The smallest absolute Gasteiger partial charge is 0.359 e. The van der Waals surface area contributed by atoms with Gasteiger partial charge in [0.1, 0.15) is 16.3 Å². The van der Waals surface area contributed by atoms with E-state index < -0.39 is 10.1 Å². The van der Waals surface area contributed by atoms with Crippen molar-refractivity contribution in [3.05, 3.63) is 48.0 Å². The fourth-order valence-corrected chi connectivity index (χ4v) is 2.36. The Morgan fingerprint density at radius 1 is 1.14 bits per heavy atom. The molecule has 0 heterocycles. The highest BCUT2D eigenvalue weighted by Gasteiger charge is 2.15. The van der Waals surface area contributed by atoms with Crippen molar-refractivity contribution >= 4 is 21.5 Å². The van der Waals surface area contributed by atoms with Crippen LogP contribution < -0.4 is 10.5 Å². The molecular weight excluding hydrogens is 306 g/mol. The molecule has 2 rings (SSSR count). The molecular formula is C14H15N3O4S. The summed E-state index contributed by atoms with van der Waals surface area (Å²) in [7, 11) is -2.55. The first-order valence-electron chi connectivity index (χ1n) is 6.28. The number of methoxy groups -OCH3 is 1. The standard InChI is InChI=1S/C14H15N3O4S/c1-10-8-13(14(20-2)9-12(10)15)16-17-21-22(18,19)11-6-4-3-5-7-11/h3-9H,15H2,1-2H3. The minimum Gasteiger partial charge on any atom is -0.494 e. The van der Waals surface area contributed by atoms with Crippen LogP contribution in [0.4, 0.5) is 11.4 Å². The number of hydrogen-bond donors (Lipinski definition) is 1. The van der Waals surface area contributed by atoms with Gasteiger partial charge in [-0.15, -0.1) is 5.11 Å². The lowest BCUT2D eigenvalue weighted by atomic mass is 10.1. The number of ether oxygens (including phenoxy) is 1. The number of rotatable bonds is 5. The average Bonchev–Trinajstić information content (AvgIpc) is 2.51. The zero-order valence-corrected chi connectivity index (χ0v) is 12.9. The maximum atomic E-state index is 11.9. The first-order valence-corrected chi connectivity index (χ1v) is 7.68. The summed E-state index contributed by atoms with van der Waals surface area (Å²) in [6.07, 6.45) is 0. The van der Waals surface area contributed by atoms with Crippen LogP contribution in [0.5, 0.6) is 5.75 Å². The van der Waals surface area contributed by atoms with E-state index in [4.69, 9.17) is 10.5 Å². The summed E-state index contributed by atoms with van der Waals surface area (Å²) in [5.41, 5.74) is 7.38. The lowest BCUT2D eigenvalue weighted by Crippen LogP contribution is -2.01. The quantitative estimate of drug-likeness (QED) is 0.518. The van der Waals surface area contributed by atoms with Crippen molar-refractivity contribution in [1.29, 1.82) is 0 Å². The molecule has 7 nitrogen and oxygen atoms in total. The molecule has 0 aromatic heterocycles. The van der Waals surface area contributed by atoms with Gasteiger partial charge in [0.2, 0.25) is 0 Å². The molecule has 22 heavy (non-hydrogen) atoms. The number of benzene rings is 2. The Bertz CT molecular complexity index is 789. The second kappa shape index (κ2) is 6.44. The van der Waals surface area contributed by atoms with E-state index in [0.717, 1.165) is 5.56 Å². The van der Waals surface area contributed by atoms with Crippen molar-refractivity contribution in [2.24, 2.45) is 10.4 Å². The molecule has 2 aromatic carbocycles. The molecule has 2 aromatic rings. The molecule has 0 fully saturated rings. The van der Waals surface area contributed by atoms with Crippen LogP contribution in [0.15, 0.2) is 57.8 Å². The summed E-state index contributed by atoms with van der Waals surface area (Å²) >= 11 is 0. The van der Waals surface area contributed by atoms with Gasteiger partial charge in [-0.1, -0.05) is 18.2 Å². The van der Waals surface area contributed by atoms with Gasteiger partial charge in [0, 0.05) is 17.0 Å². The number of anilines is 1. The van der Waals surface area contributed by atoms with Crippen molar-refractivity contribution in [3.8, 4) is 5.75 Å². The molecule has 0 saturated heterocycles. The molecule has 0 spiro atoms. The maximum Gasteiger partial charge on any atom is 0.359 e. The normalized spacial score (nSPS) is 11.5. The van der Waals surface area contributed by atoms with Gasteiger partial charge < -0.3 is 10.5 Å². The van der Waals surface area contributed by atoms with Crippen LogP contribution in [0, 0.1) is 6.92 Å². The van der Waals surface area contributed by atoms with Crippen LogP contribution in [0.25, 0.3) is 0 Å². The van der Waals surface area contributed by atoms with E-state index in [1.165, 1.54) is 19.2 Å². The van der Waals surface area contributed by atoms with E-state index in [0.29, 0.717) is 17.1 Å². The van der Waals surface area contributed by atoms with Crippen molar-refractivity contribution in [1.82, 2.24) is 0 Å². The van der Waals surface area contributed by atoms with E-state index >= 15 is 0 Å². The van der Waals surface area contributed by atoms with E-state index in [1.807, 2.05) is 0 Å². The third-order valence-corrected chi connectivity index (χ3v) is 3.99. The van der Waals surface area contributed by atoms with Crippen LogP contribution in [-0.4, -0.2) is 15.5 Å². The Kier molecular flexibility index (Phi) is 4.62. The molecule has 0 amide bonds. The van der Waals surface area contributed by atoms with Crippen LogP contribution in [0.2, 0.25) is 0 Å². The van der Waals surface area contributed by atoms with Crippen molar-refractivity contribution in [2.45, 2.75) is 11.8 Å². The van der Waals surface area contributed by atoms with Crippen molar-refractivity contribution in [3.63, 3.8) is 0 Å². The van der Waals surface area contributed by atoms with Gasteiger partial charge in [0.05, 0.1) is 7.11 Å². The topological polar surface area (TPSA) is 103 Å². The molecule has 0 radical (unpaired) electrons. The Morgan fingerprint density at radius 3 is 2.45 bits per heavy atom. The molecule has 2 N–H and O–H groups in total. The largest absolute Gasteiger partial charge is 0.494 e. The van der Waals surface area contributed by atoms with Crippen LogP contribution in [0.3, 0.4) is 0 Å². The first-order chi connectivity index (χ1) is 10.4. The monoisotopic (exact) mass is 321 g/mol. The highest BCUT2D eigenvalue weighted by Crippen LogP contribution is 2.32. The highest BCUT2D eigenvalue weighted by molar-refractivity contribution is 7.86. The van der Waals surface area contributed by atoms with Gasteiger partial charge in [0.15, 0.2) is 0 Å². The maximum absolute atomic E-state index is 11.9. The zero-order chi connectivity index (χ0) is 16.2. The summed E-state index contributed by atoms with van der Waals surface area (Å²) in [6, 6.07) is 10.9. The zero-order valence-electron chi connectivity index (χ0n) is 12.1. The molecule has 0 atom stereocenters. The first kappa shape index (κ1) is 15.8. The van der Waals surface area contributed by atoms with Crippen LogP contribution in [0.1, 0.15) is 5.56 Å². The number of nitrogens with two attached hydrogens (primary N) is 1. The summed E-state index contributed by atoms with van der Waals surface area (Å²) < 4.78 is 33.4. The summed E-state index contributed by atoms with van der Waals surface area (Å²) in [6.45, 7) is 1.79.